The molecule has 0 amide bonds. The molecule has 0 spiro atoms. The maximum Gasteiger partial charge on any atom is 0.222 e. The molecule has 0 saturated heterocycles. The van der Waals surface area contributed by atoms with Crippen LogP contribution in [0.25, 0.3) is 0 Å². The largest absolute Gasteiger partial charge is 0.286 e. The van der Waals surface area contributed by atoms with E-state index in [1.807, 2.05) is 17.8 Å². The van der Waals surface area contributed by atoms with Crippen LogP contribution in [0.1, 0.15) is 25.8 Å². The number of carbonyl (C=O) groups excluding carboxylic acids is 1. The third-order valence-electron chi connectivity index (χ3n) is 2.96. The molecule has 0 bridgehead atoms. The van der Waals surface area contributed by atoms with Gasteiger partial charge >= 0.3 is 0 Å². The second kappa shape index (κ2) is 4.72. The Morgan fingerprint density at radius 3 is 3.06 bits per heavy atom. The molecule has 2 aromatic rings. The highest BCUT2D eigenvalue weighted by atomic mass is 35.5. The number of thiophene rings is 1. The van der Waals surface area contributed by atoms with Crippen molar-refractivity contribution in [2.75, 3.05) is 5.75 Å². The Bertz CT molecular complexity index is 575. The Kier molecular flexibility index (Phi) is 3.21. The smallest absolute Gasteiger partial charge is 0.222 e. The number of ketones is 1. The fourth-order valence-electron chi connectivity index (χ4n) is 2.04. The maximum absolute atomic E-state index is 12.4. The normalized spacial score (nSPS) is 14.6. The predicted molar refractivity (Wildman–Crippen MR) is 75.8 cm³/mol. The fourth-order valence-corrected chi connectivity index (χ4v) is 4.61. The van der Waals surface area contributed by atoms with Crippen molar-refractivity contribution >= 4 is 40.5 Å². The van der Waals surface area contributed by atoms with Gasteiger partial charge in [-0.15, -0.1) is 11.3 Å². The van der Waals surface area contributed by atoms with Gasteiger partial charge in [-0.3, -0.25) is 9.48 Å². The van der Waals surface area contributed by atoms with Gasteiger partial charge in [-0.2, -0.15) is 16.9 Å². The summed E-state index contributed by atoms with van der Waals surface area (Å²) in [4.78, 5) is 14.5. The molecule has 0 unspecified atom stereocenters. The van der Waals surface area contributed by atoms with Crippen LogP contribution < -0.4 is 0 Å². The van der Waals surface area contributed by atoms with E-state index in [0.29, 0.717) is 10.7 Å². The number of hydrogen-bond donors (Lipinski definition) is 0. The Morgan fingerprint density at radius 1 is 1.56 bits per heavy atom. The molecule has 1 aliphatic heterocycles. The van der Waals surface area contributed by atoms with Crippen LogP contribution in [0, 0.1) is 0 Å². The summed E-state index contributed by atoms with van der Waals surface area (Å²) in [6, 6.07) is 2.01. The zero-order valence-electron chi connectivity index (χ0n) is 9.77. The molecular formula is C12H11ClN2OS2. The van der Waals surface area contributed by atoms with E-state index in [0.717, 1.165) is 22.8 Å². The number of fused-ring (bicyclic) bond motifs is 1. The number of halogens is 1. The maximum atomic E-state index is 12.4. The number of nitrogens with zero attached hydrogens (tertiary/aromatic N) is 2. The number of aromatic nitrogens is 2. The van der Waals surface area contributed by atoms with E-state index in [1.54, 1.807) is 18.4 Å². The van der Waals surface area contributed by atoms with E-state index in [1.165, 1.54) is 21.3 Å². The number of aryl methyl sites for hydroxylation is 2. The lowest BCUT2D eigenvalue weighted by Crippen LogP contribution is -2.07. The molecule has 6 heteroatoms. The van der Waals surface area contributed by atoms with Gasteiger partial charge in [0.2, 0.25) is 5.78 Å². The monoisotopic (exact) mass is 298 g/mol. The van der Waals surface area contributed by atoms with Gasteiger partial charge in [0.1, 0.15) is 5.69 Å². The first-order chi connectivity index (χ1) is 8.66. The van der Waals surface area contributed by atoms with Gasteiger partial charge in [0.15, 0.2) is 0 Å². The van der Waals surface area contributed by atoms with Crippen molar-refractivity contribution in [1.82, 2.24) is 9.78 Å². The molecule has 0 saturated carbocycles. The quantitative estimate of drug-likeness (QED) is 0.799. The lowest BCUT2D eigenvalue weighted by atomic mass is 10.2. The van der Waals surface area contributed by atoms with Crippen LogP contribution in [-0.4, -0.2) is 21.3 Å². The van der Waals surface area contributed by atoms with E-state index in [-0.39, 0.29) is 5.78 Å². The number of hydrogen-bond acceptors (Lipinski definition) is 4. The molecule has 2 aromatic heterocycles. The van der Waals surface area contributed by atoms with Crippen molar-refractivity contribution in [3.05, 3.63) is 38.3 Å². The highest BCUT2D eigenvalue weighted by Gasteiger charge is 2.22. The molecule has 3 nitrogen and oxygen atoms in total. The summed E-state index contributed by atoms with van der Waals surface area (Å²) < 4.78 is 1.54. The predicted octanol–water partition coefficient (Wildman–Crippen LogP) is 3.16. The summed E-state index contributed by atoms with van der Waals surface area (Å²) in [5.41, 5.74) is 1.78. The van der Waals surface area contributed by atoms with Crippen LogP contribution in [0.15, 0.2) is 12.3 Å². The van der Waals surface area contributed by atoms with Gasteiger partial charge in [0.05, 0.1) is 16.1 Å². The molecule has 0 atom stereocenters. The van der Waals surface area contributed by atoms with E-state index in [2.05, 4.69) is 5.10 Å². The summed E-state index contributed by atoms with van der Waals surface area (Å²) in [7, 11) is 1.74. The van der Waals surface area contributed by atoms with Crippen LogP contribution in [0.3, 0.4) is 0 Å². The van der Waals surface area contributed by atoms with E-state index in [4.69, 9.17) is 11.6 Å². The highest BCUT2D eigenvalue weighted by molar-refractivity contribution is 7.98. The Labute approximate surface area is 118 Å². The summed E-state index contributed by atoms with van der Waals surface area (Å²) in [5, 5.41) is 4.43. The lowest BCUT2D eigenvalue weighted by Gasteiger charge is -2.08. The van der Waals surface area contributed by atoms with Gasteiger partial charge in [-0.05, 0) is 23.8 Å². The van der Waals surface area contributed by atoms with E-state index in [9.17, 15) is 4.79 Å². The topological polar surface area (TPSA) is 34.9 Å². The number of carbonyl (C=O) groups is 1. The van der Waals surface area contributed by atoms with Crippen LogP contribution >= 0.6 is 34.7 Å². The molecule has 18 heavy (non-hydrogen) atoms. The molecular weight excluding hydrogens is 288 g/mol. The lowest BCUT2D eigenvalue weighted by molar-refractivity contribution is 0.103. The summed E-state index contributed by atoms with van der Waals surface area (Å²) >= 11 is 9.53. The second-order valence-electron chi connectivity index (χ2n) is 4.16. The molecule has 1 aliphatic rings. The van der Waals surface area contributed by atoms with Gasteiger partial charge in [0, 0.05) is 17.7 Å². The molecule has 0 aliphatic carbocycles. The van der Waals surface area contributed by atoms with Crippen LogP contribution in [-0.2, 0) is 19.2 Å². The minimum atomic E-state index is -0.0237. The van der Waals surface area contributed by atoms with Crippen molar-refractivity contribution in [2.45, 2.75) is 12.2 Å². The SMILES string of the molecule is Cn1ncc(Cl)c1C(=O)c1cc2c(s1)CCSC2. The standard InChI is InChI=1S/C12H11ClN2OS2/c1-15-11(8(13)5-14-15)12(16)10-4-7-6-17-3-2-9(7)18-10/h4-5H,2-3,6H2,1H3. The Hall–Kier alpha value is -0.780. The Balaban J connectivity index is 2.00. The average molecular weight is 299 g/mol. The zero-order valence-corrected chi connectivity index (χ0v) is 12.2. The Morgan fingerprint density at radius 2 is 2.39 bits per heavy atom. The van der Waals surface area contributed by atoms with Gasteiger partial charge in [0.25, 0.3) is 0 Å². The number of thioether (sulfide) groups is 1. The summed E-state index contributed by atoms with van der Waals surface area (Å²) in [6.45, 7) is 0. The van der Waals surface area contributed by atoms with Crippen molar-refractivity contribution < 1.29 is 4.79 Å². The van der Waals surface area contributed by atoms with Crippen molar-refractivity contribution in [2.24, 2.45) is 7.05 Å². The van der Waals surface area contributed by atoms with E-state index < -0.39 is 0 Å². The second-order valence-corrected chi connectivity index (χ2v) is 6.80. The average Bonchev–Trinajstić information content (AvgIpc) is 2.92. The van der Waals surface area contributed by atoms with Crippen LogP contribution in [0.4, 0.5) is 0 Å². The fraction of sp³-hybridized carbons (Fsp3) is 0.333. The molecule has 0 fully saturated rings. The van der Waals surface area contributed by atoms with Gasteiger partial charge in [-0.1, -0.05) is 11.6 Å². The molecule has 0 radical (unpaired) electrons. The van der Waals surface area contributed by atoms with E-state index >= 15 is 0 Å². The molecule has 94 valence electrons. The van der Waals surface area contributed by atoms with Crippen LogP contribution in [0.2, 0.25) is 5.02 Å². The number of rotatable bonds is 2. The minimum absolute atomic E-state index is 0.0237. The third-order valence-corrected chi connectivity index (χ3v) is 5.48. The molecule has 3 rings (SSSR count). The molecule has 3 heterocycles. The molecule has 0 aromatic carbocycles. The van der Waals surface area contributed by atoms with Crippen molar-refractivity contribution in [1.29, 1.82) is 0 Å². The summed E-state index contributed by atoms with van der Waals surface area (Å²) in [5.74, 6) is 2.13. The third kappa shape index (κ3) is 2.00. The van der Waals surface area contributed by atoms with Crippen LogP contribution in [0.5, 0.6) is 0 Å². The molecule has 0 N–H and O–H groups in total. The van der Waals surface area contributed by atoms with Gasteiger partial charge < -0.3 is 0 Å². The van der Waals surface area contributed by atoms with Gasteiger partial charge in [-0.25, -0.2) is 0 Å². The minimum Gasteiger partial charge on any atom is -0.286 e. The zero-order chi connectivity index (χ0) is 12.7. The first-order valence-electron chi connectivity index (χ1n) is 5.58. The first kappa shape index (κ1) is 12.3. The summed E-state index contributed by atoms with van der Waals surface area (Å²) in [6.07, 6.45) is 2.58. The van der Waals surface area contributed by atoms with Crippen molar-refractivity contribution in [3.8, 4) is 0 Å². The highest BCUT2D eigenvalue weighted by Crippen LogP contribution is 2.33. The first-order valence-corrected chi connectivity index (χ1v) is 7.93. The van der Waals surface area contributed by atoms with Crippen molar-refractivity contribution in [3.63, 3.8) is 0 Å².